The number of rotatable bonds is 3. The van der Waals surface area contributed by atoms with Crippen LogP contribution in [0.25, 0.3) is 0 Å². The number of carbonyl (C=O) groups excluding carboxylic acids is 1. The van der Waals surface area contributed by atoms with Gasteiger partial charge in [0.1, 0.15) is 0 Å². The molecule has 0 aliphatic carbocycles. The summed E-state index contributed by atoms with van der Waals surface area (Å²) in [7, 11) is 0. The fraction of sp³-hybridized carbons (Fsp3) is 0.900. The number of ether oxygens (including phenoxy) is 3. The van der Waals surface area contributed by atoms with E-state index >= 15 is 0 Å². The summed E-state index contributed by atoms with van der Waals surface area (Å²) in [6, 6.07) is 0. The van der Waals surface area contributed by atoms with E-state index in [0.29, 0.717) is 13.2 Å². The molecule has 82 valence electrons. The van der Waals surface area contributed by atoms with Gasteiger partial charge in [-0.2, -0.15) is 0 Å². The molecule has 0 unspecified atom stereocenters. The van der Waals surface area contributed by atoms with Crippen molar-refractivity contribution in [3.8, 4) is 0 Å². The van der Waals surface area contributed by atoms with Crippen LogP contribution in [0, 0.1) is 0 Å². The number of esters is 1. The third-order valence-corrected chi connectivity index (χ3v) is 2.15. The van der Waals surface area contributed by atoms with Crippen LogP contribution in [0.2, 0.25) is 0 Å². The molecular weight excluding hydrogens is 184 g/mol. The van der Waals surface area contributed by atoms with Crippen LogP contribution in [0.3, 0.4) is 0 Å². The Hall–Kier alpha value is -0.610. The SMILES string of the molecule is CCOC(=O)C[C@]1(C)OCC[C@@H](C)O1. The first-order valence-electron chi connectivity index (χ1n) is 5.03. The van der Waals surface area contributed by atoms with Crippen LogP contribution in [0.5, 0.6) is 0 Å². The van der Waals surface area contributed by atoms with E-state index in [-0.39, 0.29) is 18.5 Å². The molecule has 1 fully saturated rings. The molecule has 0 spiro atoms. The number of carbonyl (C=O) groups is 1. The molecular formula is C10H18O4. The summed E-state index contributed by atoms with van der Waals surface area (Å²) in [5, 5.41) is 0. The van der Waals surface area contributed by atoms with Crippen LogP contribution in [0.15, 0.2) is 0 Å². The molecule has 0 saturated carbocycles. The van der Waals surface area contributed by atoms with Crippen molar-refractivity contribution in [2.45, 2.75) is 45.5 Å². The van der Waals surface area contributed by atoms with Gasteiger partial charge in [-0.15, -0.1) is 0 Å². The lowest BCUT2D eigenvalue weighted by molar-refractivity contribution is -0.281. The van der Waals surface area contributed by atoms with Gasteiger partial charge in [-0.25, -0.2) is 0 Å². The minimum atomic E-state index is -0.802. The number of hydrogen-bond acceptors (Lipinski definition) is 4. The van der Waals surface area contributed by atoms with E-state index in [1.165, 1.54) is 0 Å². The summed E-state index contributed by atoms with van der Waals surface area (Å²) in [6.07, 6.45) is 1.17. The Morgan fingerprint density at radius 1 is 1.64 bits per heavy atom. The highest BCUT2D eigenvalue weighted by molar-refractivity contribution is 5.70. The molecule has 1 rings (SSSR count). The fourth-order valence-electron chi connectivity index (χ4n) is 1.53. The van der Waals surface area contributed by atoms with Crippen molar-refractivity contribution < 1.29 is 19.0 Å². The summed E-state index contributed by atoms with van der Waals surface area (Å²) in [5.41, 5.74) is 0. The largest absolute Gasteiger partial charge is 0.466 e. The molecule has 0 aromatic heterocycles. The first-order chi connectivity index (χ1) is 6.56. The molecule has 2 atom stereocenters. The second kappa shape index (κ2) is 4.75. The van der Waals surface area contributed by atoms with Crippen LogP contribution in [-0.4, -0.2) is 31.1 Å². The van der Waals surface area contributed by atoms with Crippen molar-refractivity contribution in [2.75, 3.05) is 13.2 Å². The normalized spacial score (nSPS) is 32.6. The van der Waals surface area contributed by atoms with Crippen LogP contribution in [-0.2, 0) is 19.0 Å². The first-order valence-corrected chi connectivity index (χ1v) is 5.03. The van der Waals surface area contributed by atoms with Gasteiger partial charge in [0.25, 0.3) is 0 Å². The van der Waals surface area contributed by atoms with Gasteiger partial charge in [-0.3, -0.25) is 4.79 Å². The Labute approximate surface area is 84.5 Å². The second-order valence-electron chi connectivity index (χ2n) is 3.68. The highest BCUT2D eigenvalue weighted by Crippen LogP contribution is 2.26. The molecule has 4 heteroatoms. The van der Waals surface area contributed by atoms with Gasteiger partial charge < -0.3 is 14.2 Å². The standard InChI is InChI=1S/C10H18O4/c1-4-12-9(11)7-10(3)13-6-5-8(2)14-10/h8H,4-7H2,1-3H3/t8-,10-/m1/s1. The molecule has 0 aromatic rings. The van der Waals surface area contributed by atoms with E-state index in [4.69, 9.17) is 14.2 Å². The van der Waals surface area contributed by atoms with Crippen LogP contribution < -0.4 is 0 Å². The molecule has 0 bridgehead atoms. The zero-order chi connectivity index (χ0) is 10.6. The lowest BCUT2D eigenvalue weighted by Crippen LogP contribution is -2.43. The van der Waals surface area contributed by atoms with Gasteiger partial charge >= 0.3 is 5.97 Å². The third kappa shape index (κ3) is 3.27. The molecule has 4 nitrogen and oxygen atoms in total. The Morgan fingerprint density at radius 2 is 2.36 bits per heavy atom. The average Bonchev–Trinajstić information content (AvgIpc) is 2.02. The zero-order valence-corrected chi connectivity index (χ0v) is 9.04. The van der Waals surface area contributed by atoms with E-state index in [0.717, 1.165) is 6.42 Å². The topological polar surface area (TPSA) is 44.8 Å². The smallest absolute Gasteiger partial charge is 0.311 e. The minimum Gasteiger partial charge on any atom is -0.466 e. The molecule has 1 saturated heterocycles. The lowest BCUT2D eigenvalue weighted by Gasteiger charge is -2.36. The predicted octanol–water partition coefficient (Wildman–Crippen LogP) is 1.48. The van der Waals surface area contributed by atoms with E-state index in [9.17, 15) is 4.79 Å². The van der Waals surface area contributed by atoms with E-state index in [1.54, 1.807) is 13.8 Å². The molecule has 1 heterocycles. The van der Waals surface area contributed by atoms with E-state index < -0.39 is 5.79 Å². The summed E-state index contributed by atoms with van der Waals surface area (Å²) < 4.78 is 15.8. The fourth-order valence-corrected chi connectivity index (χ4v) is 1.53. The van der Waals surface area contributed by atoms with Crippen molar-refractivity contribution in [3.63, 3.8) is 0 Å². The average molecular weight is 202 g/mol. The molecule has 1 aliphatic rings. The quantitative estimate of drug-likeness (QED) is 0.650. The number of hydrogen-bond donors (Lipinski definition) is 0. The second-order valence-corrected chi connectivity index (χ2v) is 3.68. The minimum absolute atomic E-state index is 0.142. The van der Waals surface area contributed by atoms with Crippen molar-refractivity contribution in [1.82, 2.24) is 0 Å². The molecule has 1 aliphatic heterocycles. The van der Waals surface area contributed by atoms with Gasteiger partial charge in [-0.05, 0) is 27.2 Å². The van der Waals surface area contributed by atoms with Crippen LogP contribution in [0.4, 0.5) is 0 Å². The summed E-state index contributed by atoms with van der Waals surface area (Å²) in [4.78, 5) is 11.2. The Balaban J connectivity index is 2.43. The van der Waals surface area contributed by atoms with E-state index in [1.807, 2.05) is 6.92 Å². The van der Waals surface area contributed by atoms with Crippen molar-refractivity contribution in [3.05, 3.63) is 0 Å². The first kappa shape index (κ1) is 11.5. The third-order valence-electron chi connectivity index (χ3n) is 2.15. The summed E-state index contributed by atoms with van der Waals surface area (Å²) in [6.45, 7) is 6.57. The maximum atomic E-state index is 11.2. The molecule has 0 amide bonds. The van der Waals surface area contributed by atoms with Gasteiger partial charge in [0.05, 0.1) is 25.7 Å². The zero-order valence-electron chi connectivity index (χ0n) is 9.04. The molecule has 0 radical (unpaired) electrons. The Bertz CT molecular complexity index is 204. The maximum Gasteiger partial charge on any atom is 0.311 e. The van der Waals surface area contributed by atoms with Gasteiger partial charge in [0, 0.05) is 0 Å². The molecule has 0 aromatic carbocycles. The Kier molecular flexibility index (Phi) is 3.89. The molecule has 0 N–H and O–H groups in total. The van der Waals surface area contributed by atoms with Crippen molar-refractivity contribution >= 4 is 5.97 Å². The van der Waals surface area contributed by atoms with Crippen LogP contribution in [0.1, 0.15) is 33.6 Å². The van der Waals surface area contributed by atoms with Gasteiger partial charge in [-0.1, -0.05) is 0 Å². The van der Waals surface area contributed by atoms with Crippen LogP contribution >= 0.6 is 0 Å². The van der Waals surface area contributed by atoms with Crippen molar-refractivity contribution in [1.29, 1.82) is 0 Å². The van der Waals surface area contributed by atoms with Gasteiger partial charge in [0.15, 0.2) is 5.79 Å². The predicted molar refractivity (Wildman–Crippen MR) is 50.8 cm³/mol. The Morgan fingerprint density at radius 3 is 2.93 bits per heavy atom. The van der Waals surface area contributed by atoms with E-state index in [2.05, 4.69) is 0 Å². The van der Waals surface area contributed by atoms with Gasteiger partial charge in [0.2, 0.25) is 0 Å². The molecule has 14 heavy (non-hydrogen) atoms. The van der Waals surface area contributed by atoms with Crippen molar-refractivity contribution in [2.24, 2.45) is 0 Å². The lowest BCUT2D eigenvalue weighted by atomic mass is 10.1. The highest BCUT2D eigenvalue weighted by Gasteiger charge is 2.35. The summed E-state index contributed by atoms with van der Waals surface area (Å²) in [5.74, 6) is -1.08. The highest BCUT2D eigenvalue weighted by atomic mass is 16.7. The summed E-state index contributed by atoms with van der Waals surface area (Å²) >= 11 is 0. The monoisotopic (exact) mass is 202 g/mol. The maximum absolute atomic E-state index is 11.2.